The first-order chi connectivity index (χ1) is 8.61. The fraction of sp³-hybridized carbons (Fsp3) is 0.667. The molecule has 0 radical (unpaired) electrons. The highest BCUT2D eigenvalue weighted by Crippen LogP contribution is 2.23. The van der Waals surface area contributed by atoms with Crippen LogP contribution in [0.3, 0.4) is 0 Å². The van der Waals surface area contributed by atoms with Gasteiger partial charge in [-0.2, -0.15) is 0 Å². The molecular weight excluding hydrogens is 222 g/mol. The maximum atomic E-state index is 4.34. The number of aryl methyl sites for hydroxylation is 1. The Morgan fingerprint density at radius 1 is 1.44 bits per heavy atom. The summed E-state index contributed by atoms with van der Waals surface area (Å²) in [4.78, 5) is 6.86. The number of piperazine rings is 1. The zero-order valence-corrected chi connectivity index (χ0v) is 12.0. The molecule has 1 fully saturated rings. The predicted octanol–water partition coefficient (Wildman–Crippen LogP) is 2.60. The Kier molecular flexibility index (Phi) is 4.23. The van der Waals surface area contributed by atoms with E-state index in [1.165, 1.54) is 17.7 Å². The number of rotatable bonds is 3. The number of pyridine rings is 1. The van der Waals surface area contributed by atoms with Crippen LogP contribution >= 0.6 is 0 Å². The first kappa shape index (κ1) is 13.3. The van der Waals surface area contributed by atoms with Crippen molar-refractivity contribution in [1.82, 2.24) is 10.3 Å². The third-order valence-electron chi connectivity index (χ3n) is 3.92. The van der Waals surface area contributed by atoms with E-state index in [1.807, 2.05) is 12.4 Å². The standard InChI is InChI=1S/C15H25N3/c1-5-13-9-17-15(11(2)3)10-18(13)14-6-12(4)7-16-8-14/h6-8,11,13,15,17H,5,9-10H2,1-4H3. The van der Waals surface area contributed by atoms with Crippen molar-refractivity contribution in [2.24, 2.45) is 5.92 Å². The topological polar surface area (TPSA) is 28.2 Å². The van der Waals surface area contributed by atoms with Gasteiger partial charge in [0.15, 0.2) is 0 Å². The van der Waals surface area contributed by atoms with Crippen LogP contribution in [-0.4, -0.2) is 30.2 Å². The third-order valence-corrected chi connectivity index (χ3v) is 3.92. The van der Waals surface area contributed by atoms with E-state index in [4.69, 9.17) is 0 Å². The highest BCUT2D eigenvalue weighted by molar-refractivity contribution is 5.48. The lowest BCUT2D eigenvalue weighted by atomic mass is 9.98. The summed E-state index contributed by atoms with van der Waals surface area (Å²) in [6, 6.07) is 3.41. The average Bonchev–Trinajstić information content (AvgIpc) is 2.38. The highest BCUT2D eigenvalue weighted by Gasteiger charge is 2.28. The van der Waals surface area contributed by atoms with Crippen LogP contribution in [0, 0.1) is 12.8 Å². The van der Waals surface area contributed by atoms with Gasteiger partial charge in [0.05, 0.1) is 11.9 Å². The molecule has 0 aromatic carbocycles. The fourth-order valence-electron chi connectivity index (χ4n) is 2.65. The Balaban J connectivity index is 2.20. The van der Waals surface area contributed by atoms with E-state index >= 15 is 0 Å². The van der Waals surface area contributed by atoms with E-state index in [2.05, 4.69) is 49.0 Å². The van der Waals surface area contributed by atoms with Gasteiger partial charge in [0.2, 0.25) is 0 Å². The molecule has 2 heterocycles. The van der Waals surface area contributed by atoms with Crippen LogP contribution in [0.1, 0.15) is 32.8 Å². The minimum absolute atomic E-state index is 0.577. The predicted molar refractivity (Wildman–Crippen MR) is 77.0 cm³/mol. The number of nitrogens with zero attached hydrogens (tertiary/aromatic N) is 2. The number of nitrogens with one attached hydrogen (secondary N) is 1. The summed E-state index contributed by atoms with van der Waals surface area (Å²) < 4.78 is 0. The molecule has 0 aliphatic carbocycles. The van der Waals surface area contributed by atoms with E-state index in [-0.39, 0.29) is 0 Å². The zero-order chi connectivity index (χ0) is 13.1. The summed E-state index contributed by atoms with van der Waals surface area (Å²) in [5.41, 5.74) is 2.51. The summed E-state index contributed by atoms with van der Waals surface area (Å²) in [7, 11) is 0. The first-order valence-electron chi connectivity index (χ1n) is 7.03. The maximum Gasteiger partial charge on any atom is 0.0558 e. The number of anilines is 1. The molecule has 0 spiro atoms. The lowest BCUT2D eigenvalue weighted by Gasteiger charge is -2.43. The molecule has 100 valence electrons. The van der Waals surface area contributed by atoms with Crippen LogP contribution in [0.2, 0.25) is 0 Å². The molecule has 0 amide bonds. The largest absolute Gasteiger partial charge is 0.364 e. The van der Waals surface area contributed by atoms with Crippen LogP contribution in [-0.2, 0) is 0 Å². The van der Waals surface area contributed by atoms with Gasteiger partial charge in [-0.15, -0.1) is 0 Å². The SMILES string of the molecule is CCC1CNC(C(C)C)CN1c1cncc(C)c1. The normalized spacial score (nSPS) is 24.6. The monoisotopic (exact) mass is 247 g/mol. The fourth-order valence-corrected chi connectivity index (χ4v) is 2.65. The van der Waals surface area contributed by atoms with E-state index in [0.717, 1.165) is 13.1 Å². The van der Waals surface area contributed by atoms with E-state index < -0.39 is 0 Å². The van der Waals surface area contributed by atoms with Crippen molar-refractivity contribution in [3.05, 3.63) is 24.0 Å². The molecule has 2 unspecified atom stereocenters. The molecule has 2 atom stereocenters. The Morgan fingerprint density at radius 3 is 2.83 bits per heavy atom. The molecule has 1 aromatic heterocycles. The van der Waals surface area contributed by atoms with Crippen LogP contribution in [0.4, 0.5) is 5.69 Å². The van der Waals surface area contributed by atoms with Crippen LogP contribution in [0.15, 0.2) is 18.5 Å². The van der Waals surface area contributed by atoms with Crippen molar-refractivity contribution >= 4 is 5.69 Å². The molecule has 0 bridgehead atoms. The van der Waals surface area contributed by atoms with Gasteiger partial charge in [-0.1, -0.05) is 20.8 Å². The second-order valence-electron chi connectivity index (χ2n) is 5.69. The Hall–Kier alpha value is -1.09. The van der Waals surface area contributed by atoms with Gasteiger partial charge in [0, 0.05) is 31.4 Å². The van der Waals surface area contributed by atoms with Gasteiger partial charge in [0.25, 0.3) is 0 Å². The Labute approximate surface area is 111 Å². The van der Waals surface area contributed by atoms with E-state index in [0.29, 0.717) is 18.0 Å². The van der Waals surface area contributed by atoms with E-state index in [1.54, 1.807) is 0 Å². The minimum Gasteiger partial charge on any atom is -0.364 e. The van der Waals surface area contributed by atoms with Gasteiger partial charge < -0.3 is 10.2 Å². The van der Waals surface area contributed by atoms with Crippen molar-refractivity contribution in [2.45, 2.75) is 46.2 Å². The average molecular weight is 247 g/mol. The van der Waals surface area contributed by atoms with Crippen LogP contribution in [0.5, 0.6) is 0 Å². The van der Waals surface area contributed by atoms with Crippen molar-refractivity contribution in [3.63, 3.8) is 0 Å². The molecule has 1 aliphatic rings. The molecular formula is C15H25N3. The van der Waals surface area contributed by atoms with Gasteiger partial charge in [-0.25, -0.2) is 0 Å². The molecule has 1 aromatic rings. The smallest absolute Gasteiger partial charge is 0.0558 e. The van der Waals surface area contributed by atoms with Gasteiger partial charge in [0.1, 0.15) is 0 Å². The van der Waals surface area contributed by atoms with Crippen LogP contribution in [0.25, 0.3) is 0 Å². The molecule has 18 heavy (non-hydrogen) atoms. The van der Waals surface area contributed by atoms with Gasteiger partial charge in [-0.05, 0) is 30.9 Å². The molecule has 1 aliphatic heterocycles. The van der Waals surface area contributed by atoms with Crippen molar-refractivity contribution in [3.8, 4) is 0 Å². The van der Waals surface area contributed by atoms with Crippen LogP contribution < -0.4 is 10.2 Å². The second-order valence-corrected chi connectivity index (χ2v) is 5.69. The van der Waals surface area contributed by atoms with Crippen molar-refractivity contribution in [1.29, 1.82) is 0 Å². The minimum atomic E-state index is 0.577. The Bertz CT molecular complexity index is 389. The zero-order valence-electron chi connectivity index (χ0n) is 12.0. The van der Waals surface area contributed by atoms with Gasteiger partial charge in [-0.3, -0.25) is 4.98 Å². The van der Waals surface area contributed by atoms with Crippen molar-refractivity contribution < 1.29 is 0 Å². The molecule has 3 heteroatoms. The second kappa shape index (κ2) is 5.70. The molecule has 2 rings (SSSR count). The summed E-state index contributed by atoms with van der Waals surface area (Å²) in [5.74, 6) is 0.670. The lowest BCUT2D eigenvalue weighted by molar-refractivity contribution is 0.325. The van der Waals surface area contributed by atoms with E-state index in [9.17, 15) is 0 Å². The Morgan fingerprint density at radius 2 is 2.22 bits per heavy atom. The summed E-state index contributed by atoms with van der Waals surface area (Å²) in [6.07, 6.45) is 5.09. The third kappa shape index (κ3) is 2.83. The number of hydrogen-bond donors (Lipinski definition) is 1. The number of hydrogen-bond acceptors (Lipinski definition) is 3. The first-order valence-corrected chi connectivity index (χ1v) is 7.03. The summed E-state index contributed by atoms with van der Waals surface area (Å²) in [6.45, 7) is 11.1. The molecule has 1 saturated heterocycles. The summed E-state index contributed by atoms with van der Waals surface area (Å²) in [5, 5.41) is 3.67. The molecule has 1 N–H and O–H groups in total. The lowest BCUT2D eigenvalue weighted by Crippen LogP contribution is -2.58. The molecule has 0 saturated carbocycles. The number of aromatic nitrogens is 1. The molecule has 3 nitrogen and oxygen atoms in total. The van der Waals surface area contributed by atoms with Gasteiger partial charge >= 0.3 is 0 Å². The maximum absolute atomic E-state index is 4.34. The summed E-state index contributed by atoms with van der Waals surface area (Å²) >= 11 is 0. The highest BCUT2D eigenvalue weighted by atomic mass is 15.2. The quantitative estimate of drug-likeness (QED) is 0.890. The van der Waals surface area contributed by atoms with Crippen molar-refractivity contribution in [2.75, 3.05) is 18.0 Å².